The molecule has 0 radical (unpaired) electrons. The fraction of sp³-hybridized carbons (Fsp3) is 0.700. The number of nitrogens with one attached hydrogen (secondary N) is 2. The van der Waals surface area contributed by atoms with Gasteiger partial charge in [-0.2, -0.15) is 0 Å². The fourth-order valence-electron chi connectivity index (χ4n) is 1.58. The Bertz CT molecular complexity index is 212. The summed E-state index contributed by atoms with van der Waals surface area (Å²) >= 11 is 3.20. The van der Waals surface area contributed by atoms with Crippen LogP contribution in [0.25, 0.3) is 0 Å². The summed E-state index contributed by atoms with van der Waals surface area (Å²) in [5.41, 5.74) is 0. The topological polar surface area (TPSA) is 41.1 Å². The van der Waals surface area contributed by atoms with Gasteiger partial charge in [0.15, 0.2) is 0 Å². The molecule has 1 saturated heterocycles. The summed E-state index contributed by atoms with van der Waals surface area (Å²) in [7, 11) is 0. The Balaban J connectivity index is 2.05. The minimum atomic E-state index is 0.123. The second-order valence-corrected chi connectivity index (χ2v) is 4.81. The van der Waals surface area contributed by atoms with Crippen LogP contribution in [-0.2, 0) is 4.79 Å². The lowest BCUT2D eigenvalue weighted by molar-refractivity contribution is -0.121. The lowest BCUT2D eigenvalue weighted by atomic mass is 10.0. The third kappa shape index (κ3) is 4.77. The summed E-state index contributed by atoms with van der Waals surface area (Å²) in [6, 6.07) is 0. The number of hydrogen-bond acceptors (Lipinski definition) is 2. The summed E-state index contributed by atoms with van der Waals surface area (Å²) < 4.78 is 0.813. The predicted octanol–water partition coefficient (Wildman–Crippen LogP) is 1.40. The first-order valence-electron chi connectivity index (χ1n) is 4.99. The highest BCUT2D eigenvalue weighted by atomic mass is 79.9. The van der Waals surface area contributed by atoms with Gasteiger partial charge >= 0.3 is 0 Å². The molecule has 1 unspecified atom stereocenters. The molecule has 0 saturated carbocycles. The van der Waals surface area contributed by atoms with E-state index in [1.165, 1.54) is 6.42 Å². The first kappa shape index (κ1) is 11.7. The van der Waals surface area contributed by atoms with Crippen LogP contribution in [0.2, 0.25) is 0 Å². The van der Waals surface area contributed by atoms with Gasteiger partial charge in [0.1, 0.15) is 0 Å². The highest BCUT2D eigenvalue weighted by Gasteiger charge is 2.15. The van der Waals surface area contributed by atoms with Gasteiger partial charge < -0.3 is 10.6 Å². The van der Waals surface area contributed by atoms with Crippen LogP contribution in [-0.4, -0.2) is 25.5 Å². The molecule has 2 N–H and O–H groups in total. The number of halogens is 1. The molecule has 1 amide bonds. The molecule has 1 atom stereocenters. The van der Waals surface area contributed by atoms with Crippen molar-refractivity contribution in [3.63, 3.8) is 0 Å². The van der Waals surface area contributed by atoms with E-state index < -0.39 is 0 Å². The summed E-state index contributed by atoms with van der Waals surface area (Å²) in [6.07, 6.45) is 2.83. The molecule has 1 fully saturated rings. The largest absolute Gasteiger partial charge is 0.352 e. The number of carbonyl (C=O) groups is 1. The maximum absolute atomic E-state index is 11.3. The van der Waals surface area contributed by atoms with Crippen molar-refractivity contribution in [2.24, 2.45) is 5.92 Å². The van der Waals surface area contributed by atoms with Crippen LogP contribution >= 0.6 is 15.9 Å². The van der Waals surface area contributed by atoms with Crippen molar-refractivity contribution < 1.29 is 4.79 Å². The van der Waals surface area contributed by atoms with Gasteiger partial charge in [-0.25, -0.2) is 0 Å². The Morgan fingerprint density at radius 1 is 1.64 bits per heavy atom. The van der Waals surface area contributed by atoms with Crippen molar-refractivity contribution in [3.05, 3.63) is 11.1 Å². The van der Waals surface area contributed by atoms with E-state index in [9.17, 15) is 4.79 Å². The maximum Gasteiger partial charge on any atom is 0.220 e. The quantitative estimate of drug-likeness (QED) is 0.785. The number of amides is 1. The normalized spacial score (nSPS) is 20.8. The maximum atomic E-state index is 11.3. The summed E-state index contributed by atoms with van der Waals surface area (Å²) in [5.74, 6) is 0.811. The first-order chi connectivity index (χ1) is 6.68. The highest BCUT2D eigenvalue weighted by molar-refractivity contribution is 9.11. The molecule has 0 spiro atoms. The van der Waals surface area contributed by atoms with E-state index >= 15 is 0 Å². The summed E-state index contributed by atoms with van der Waals surface area (Å²) in [6.45, 7) is 6.36. The average Bonchev–Trinajstić information content (AvgIpc) is 2.63. The minimum absolute atomic E-state index is 0.123. The lowest BCUT2D eigenvalue weighted by Gasteiger charge is -2.07. The van der Waals surface area contributed by atoms with Crippen molar-refractivity contribution in [1.29, 1.82) is 0 Å². The highest BCUT2D eigenvalue weighted by Crippen LogP contribution is 2.13. The Labute approximate surface area is 93.5 Å². The van der Waals surface area contributed by atoms with Gasteiger partial charge in [-0.15, -0.1) is 0 Å². The second-order valence-electron chi connectivity index (χ2n) is 3.69. The fourth-order valence-corrected chi connectivity index (χ4v) is 1.72. The van der Waals surface area contributed by atoms with Gasteiger partial charge in [0.2, 0.25) is 5.91 Å². The van der Waals surface area contributed by atoms with E-state index in [0.717, 1.165) is 24.0 Å². The van der Waals surface area contributed by atoms with Crippen molar-refractivity contribution >= 4 is 21.8 Å². The molecule has 0 bridgehead atoms. The first-order valence-corrected chi connectivity index (χ1v) is 5.78. The second kappa shape index (κ2) is 6.19. The molecule has 80 valence electrons. The molecular weight excluding hydrogens is 244 g/mol. The lowest BCUT2D eigenvalue weighted by Crippen LogP contribution is -2.24. The molecule has 4 heteroatoms. The van der Waals surface area contributed by atoms with Gasteiger partial charge in [-0.1, -0.05) is 22.5 Å². The van der Waals surface area contributed by atoms with Crippen molar-refractivity contribution in [3.8, 4) is 0 Å². The third-order valence-corrected chi connectivity index (χ3v) is 2.70. The van der Waals surface area contributed by atoms with E-state index in [-0.39, 0.29) is 5.91 Å². The van der Waals surface area contributed by atoms with Crippen molar-refractivity contribution in [1.82, 2.24) is 10.6 Å². The van der Waals surface area contributed by atoms with Crippen molar-refractivity contribution in [2.45, 2.75) is 19.3 Å². The van der Waals surface area contributed by atoms with Gasteiger partial charge in [-0.3, -0.25) is 4.79 Å². The van der Waals surface area contributed by atoms with Crippen LogP contribution in [0.1, 0.15) is 19.3 Å². The van der Waals surface area contributed by atoms with Gasteiger partial charge in [-0.05, 0) is 31.8 Å². The Hall–Kier alpha value is -0.350. The molecule has 0 aromatic rings. The number of rotatable bonds is 5. The molecular formula is C10H17BrN2O. The van der Waals surface area contributed by atoms with Crippen LogP contribution in [0.15, 0.2) is 11.1 Å². The van der Waals surface area contributed by atoms with Crippen LogP contribution in [0, 0.1) is 5.92 Å². The van der Waals surface area contributed by atoms with E-state index in [2.05, 4.69) is 33.1 Å². The zero-order valence-corrected chi connectivity index (χ0v) is 9.90. The molecule has 0 aromatic heterocycles. The van der Waals surface area contributed by atoms with Crippen LogP contribution in [0.5, 0.6) is 0 Å². The third-order valence-electron chi connectivity index (χ3n) is 2.42. The number of carbonyl (C=O) groups excluding carboxylic acids is 1. The average molecular weight is 261 g/mol. The van der Waals surface area contributed by atoms with Crippen LogP contribution in [0.4, 0.5) is 0 Å². The van der Waals surface area contributed by atoms with Crippen LogP contribution < -0.4 is 10.6 Å². The summed E-state index contributed by atoms with van der Waals surface area (Å²) in [4.78, 5) is 11.3. The molecule has 1 aliphatic rings. The van der Waals surface area contributed by atoms with Gasteiger partial charge in [0, 0.05) is 17.4 Å². The van der Waals surface area contributed by atoms with Gasteiger partial charge in [0.25, 0.3) is 0 Å². The Kier molecular flexibility index (Phi) is 5.19. The van der Waals surface area contributed by atoms with E-state index in [4.69, 9.17) is 0 Å². The molecule has 1 rings (SSSR count). The zero-order valence-electron chi connectivity index (χ0n) is 8.31. The van der Waals surface area contributed by atoms with Crippen molar-refractivity contribution in [2.75, 3.05) is 19.6 Å². The monoisotopic (exact) mass is 260 g/mol. The van der Waals surface area contributed by atoms with E-state index in [1.807, 2.05) is 0 Å². The smallest absolute Gasteiger partial charge is 0.220 e. The SMILES string of the molecule is C=C(Br)CNC(=O)CCC1CCNC1. The minimum Gasteiger partial charge on any atom is -0.352 e. The molecule has 14 heavy (non-hydrogen) atoms. The number of hydrogen-bond donors (Lipinski definition) is 2. The Morgan fingerprint density at radius 3 is 3.00 bits per heavy atom. The summed E-state index contributed by atoms with van der Waals surface area (Å²) in [5, 5.41) is 6.09. The molecule has 0 aliphatic carbocycles. The standard InChI is InChI=1S/C10H17BrN2O/c1-8(11)6-13-10(14)3-2-9-4-5-12-7-9/h9,12H,1-7H2,(H,13,14). The van der Waals surface area contributed by atoms with E-state index in [0.29, 0.717) is 18.9 Å². The molecule has 1 aliphatic heterocycles. The molecule has 0 aromatic carbocycles. The molecule has 3 nitrogen and oxygen atoms in total. The molecule has 1 heterocycles. The Morgan fingerprint density at radius 2 is 2.43 bits per heavy atom. The zero-order chi connectivity index (χ0) is 10.4. The van der Waals surface area contributed by atoms with Gasteiger partial charge in [0.05, 0.1) is 0 Å². The predicted molar refractivity (Wildman–Crippen MR) is 61.3 cm³/mol. The van der Waals surface area contributed by atoms with E-state index in [1.54, 1.807) is 0 Å². The van der Waals surface area contributed by atoms with Crippen LogP contribution in [0.3, 0.4) is 0 Å².